The Morgan fingerprint density at radius 2 is 1.87 bits per heavy atom. The number of aromatic nitrogens is 3. The number of ketones is 1. The van der Waals surface area contributed by atoms with Gasteiger partial charge in [-0.1, -0.05) is 26.0 Å². The van der Waals surface area contributed by atoms with Crippen molar-refractivity contribution in [3.8, 4) is 0 Å². The molecule has 162 valence electrons. The third kappa shape index (κ3) is 4.96. The second kappa shape index (κ2) is 9.07. The summed E-state index contributed by atoms with van der Waals surface area (Å²) in [5.74, 6) is -1.12. The lowest BCUT2D eigenvalue weighted by atomic mass is 10.1. The number of nitrogens with zero attached hydrogens (tertiary/aromatic N) is 3. The van der Waals surface area contributed by atoms with E-state index in [-0.39, 0.29) is 17.7 Å². The molecule has 1 N–H and O–H groups in total. The number of carbonyl (C=O) groups is 3. The molecule has 0 radical (unpaired) electrons. The van der Waals surface area contributed by atoms with E-state index in [4.69, 9.17) is 4.74 Å². The van der Waals surface area contributed by atoms with E-state index >= 15 is 0 Å². The number of carbonyl (C=O) groups excluding carboxylic acids is 3. The molecule has 1 amide bonds. The van der Waals surface area contributed by atoms with Crippen LogP contribution in [0, 0.1) is 0 Å². The fourth-order valence-corrected chi connectivity index (χ4v) is 3.10. The maximum absolute atomic E-state index is 12.8. The Morgan fingerprint density at radius 3 is 2.52 bits per heavy atom. The van der Waals surface area contributed by atoms with E-state index < -0.39 is 18.5 Å². The molecular weight excluding hydrogens is 396 g/mol. The number of rotatable bonds is 7. The number of hydrogen-bond acceptors (Lipinski definition) is 6. The first-order valence-corrected chi connectivity index (χ1v) is 10.1. The van der Waals surface area contributed by atoms with E-state index in [9.17, 15) is 14.4 Å². The standard InChI is InChI=1S/C23H26N4O4/c1-13(2)20-10-18(19-11-24-27(14(3)4)22(19)26-20)23(30)31-12-21(29)25-17-8-6-7-16(9-17)15(5)28/h6-11,13-14H,12H2,1-5H3,(H,25,29). The molecule has 0 fully saturated rings. The van der Waals surface area contributed by atoms with Gasteiger partial charge in [-0.25, -0.2) is 14.5 Å². The summed E-state index contributed by atoms with van der Waals surface area (Å²) in [7, 11) is 0. The van der Waals surface area contributed by atoms with E-state index in [1.54, 1.807) is 41.2 Å². The minimum Gasteiger partial charge on any atom is -0.452 e. The lowest BCUT2D eigenvalue weighted by molar-refractivity contribution is -0.119. The van der Waals surface area contributed by atoms with Crippen LogP contribution in [0.4, 0.5) is 5.69 Å². The zero-order valence-electron chi connectivity index (χ0n) is 18.3. The Hall–Kier alpha value is -3.55. The zero-order valence-corrected chi connectivity index (χ0v) is 18.3. The van der Waals surface area contributed by atoms with E-state index in [0.717, 1.165) is 5.69 Å². The highest BCUT2D eigenvalue weighted by Gasteiger charge is 2.20. The lowest BCUT2D eigenvalue weighted by Crippen LogP contribution is -2.21. The smallest absolute Gasteiger partial charge is 0.339 e. The normalized spacial score (nSPS) is 11.2. The van der Waals surface area contributed by atoms with Crippen LogP contribution in [0.1, 0.15) is 73.0 Å². The summed E-state index contributed by atoms with van der Waals surface area (Å²) in [6, 6.07) is 8.34. The van der Waals surface area contributed by atoms with Gasteiger partial charge in [0.25, 0.3) is 5.91 Å². The van der Waals surface area contributed by atoms with Gasteiger partial charge in [0.2, 0.25) is 0 Å². The minimum absolute atomic E-state index is 0.0767. The summed E-state index contributed by atoms with van der Waals surface area (Å²) in [5.41, 5.74) is 2.62. The second-order valence-electron chi connectivity index (χ2n) is 7.93. The highest BCUT2D eigenvalue weighted by Crippen LogP contribution is 2.25. The zero-order chi connectivity index (χ0) is 22.7. The molecule has 2 aromatic heterocycles. The van der Waals surface area contributed by atoms with Gasteiger partial charge in [0, 0.05) is 23.0 Å². The molecule has 8 heteroatoms. The highest BCUT2D eigenvalue weighted by atomic mass is 16.5. The second-order valence-corrected chi connectivity index (χ2v) is 7.93. The van der Waals surface area contributed by atoms with Gasteiger partial charge in [0.05, 0.1) is 17.1 Å². The van der Waals surface area contributed by atoms with Gasteiger partial charge in [0.15, 0.2) is 18.0 Å². The van der Waals surface area contributed by atoms with Crippen LogP contribution in [-0.2, 0) is 9.53 Å². The number of amides is 1. The number of benzene rings is 1. The maximum atomic E-state index is 12.8. The Bertz CT molecular complexity index is 1150. The molecule has 8 nitrogen and oxygen atoms in total. The van der Waals surface area contributed by atoms with Crippen molar-refractivity contribution in [3.05, 3.63) is 53.3 Å². The van der Waals surface area contributed by atoms with Crippen molar-refractivity contribution in [3.63, 3.8) is 0 Å². The predicted molar refractivity (Wildman–Crippen MR) is 117 cm³/mol. The van der Waals surface area contributed by atoms with Gasteiger partial charge in [-0.3, -0.25) is 9.59 Å². The van der Waals surface area contributed by atoms with Gasteiger partial charge in [-0.2, -0.15) is 5.10 Å². The van der Waals surface area contributed by atoms with Crippen LogP contribution in [0.15, 0.2) is 36.5 Å². The van der Waals surface area contributed by atoms with E-state index in [2.05, 4.69) is 15.4 Å². The summed E-state index contributed by atoms with van der Waals surface area (Å²) in [6.45, 7) is 8.94. The Kier molecular flexibility index (Phi) is 6.48. The summed E-state index contributed by atoms with van der Waals surface area (Å²) >= 11 is 0. The number of pyridine rings is 1. The number of fused-ring (bicyclic) bond motifs is 1. The molecule has 2 heterocycles. The molecule has 0 saturated carbocycles. The molecular formula is C23H26N4O4. The molecule has 0 bridgehead atoms. The van der Waals surface area contributed by atoms with Gasteiger partial charge in [-0.15, -0.1) is 0 Å². The summed E-state index contributed by atoms with van der Waals surface area (Å²) in [6.07, 6.45) is 1.59. The Labute approximate surface area is 180 Å². The molecule has 0 saturated heterocycles. The molecule has 0 aliphatic carbocycles. The van der Waals surface area contributed by atoms with E-state index in [1.165, 1.54) is 6.92 Å². The van der Waals surface area contributed by atoms with Gasteiger partial charge >= 0.3 is 5.97 Å². The van der Waals surface area contributed by atoms with Crippen LogP contribution < -0.4 is 5.32 Å². The third-order valence-corrected chi connectivity index (χ3v) is 4.77. The number of esters is 1. The van der Waals surface area contributed by atoms with Crippen molar-refractivity contribution in [2.24, 2.45) is 0 Å². The largest absolute Gasteiger partial charge is 0.452 e. The first-order chi connectivity index (χ1) is 14.7. The molecule has 0 atom stereocenters. The van der Waals surface area contributed by atoms with Crippen LogP contribution in [0.25, 0.3) is 11.0 Å². The van der Waals surface area contributed by atoms with Gasteiger partial charge in [0.1, 0.15) is 0 Å². The van der Waals surface area contributed by atoms with Crippen molar-refractivity contribution in [2.75, 3.05) is 11.9 Å². The van der Waals surface area contributed by atoms with Crippen LogP contribution in [0.2, 0.25) is 0 Å². The first kappa shape index (κ1) is 22.1. The molecule has 0 unspecified atom stereocenters. The highest BCUT2D eigenvalue weighted by molar-refractivity contribution is 6.04. The number of ether oxygens (including phenoxy) is 1. The van der Waals surface area contributed by atoms with Crippen LogP contribution in [0.3, 0.4) is 0 Å². The monoisotopic (exact) mass is 422 g/mol. The van der Waals surface area contributed by atoms with Crippen LogP contribution in [-0.4, -0.2) is 39.0 Å². The molecule has 3 aromatic rings. The van der Waals surface area contributed by atoms with Crippen molar-refractivity contribution < 1.29 is 19.1 Å². The molecule has 3 rings (SSSR count). The molecule has 1 aromatic carbocycles. The number of nitrogens with one attached hydrogen (secondary N) is 1. The summed E-state index contributed by atoms with van der Waals surface area (Å²) in [5, 5.41) is 7.57. The average molecular weight is 422 g/mol. The fraction of sp³-hybridized carbons (Fsp3) is 0.348. The van der Waals surface area contributed by atoms with Crippen LogP contribution >= 0.6 is 0 Å². The molecule has 31 heavy (non-hydrogen) atoms. The Morgan fingerprint density at radius 1 is 1.13 bits per heavy atom. The SMILES string of the molecule is CC(=O)c1cccc(NC(=O)COC(=O)c2cc(C(C)C)nc3c2cnn3C(C)C)c1. The third-order valence-electron chi connectivity index (χ3n) is 4.77. The first-order valence-electron chi connectivity index (χ1n) is 10.1. The number of hydrogen-bond donors (Lipinski definition) is 1. The molecule has 0 aliphatic rings. The molecule has 0 spiro atoms. The van der Waals surface area contributed by atoms with Crippen molar-refractivity contribution >= 4 is 34.4 Å². The van der Waals surface area contributed by atoms with Crippen molar-refractivity contribution in [1.82, 2.24) is 14.8 Å². The fourth-order valence-electron chi connectivity index (χ4n) is 3.10. The molecule has 0 aliphatic heterocycles. The lowest BCUT2D eigenvalue weighted by Gasteiger charge is -2.12. The minimum atomic E-state index is -0.620. The topological polar surface area (TPSA) is 103 Å². The quantitative estimate of drug-likeness (QED) is 0.453. The predicted octanol–water partition coefficient (Wildman–Crippen LogP) is 4.13. The average Bonchev–Trinajstić information content (AvgIpc) is 3.15. The van der Waals surface area contributed by atoms with Crippen LogP contribution in [0.5, 0.6) is 0 Å². The van der Waals surface area contributed by atoms with Crippen molar-refractivity contribution in [1.29, 1.82) is 0 Å². The van der Waals surface area contributed by atoms with E-state index in [1.807, 2.05) is 27.7 Å². The van der Waals surface area contributed by atoms with Gasteiger partial charge < -0.3 is 10.1 Å². The summed E-state index contributed by atoms with van der Waals surface area (Å²) < 4.78 is 7.03. The van der Waals surface area contributed by atoms with Gasteiger partial charge in [-0.05, 0) is 44.9 Å². The maximum Gasteiger partial charge on any atom is 0.339 e. The Balaban J connectivity index is 1.78. The van der Waals surface area contributed by atoms with Crippen molar-refractivity contribution in [2.45, 2.75) is 46.6 Å². The number of anilines is 1. The number of Topliss-reactive ketones (excluding diaryl/α,β-unsaturated/α-hetero) is 1. The van der Waals surface area contributed by atoms with E-state index in [0.29, 0.717) is 27.8 Å². The summed E-state index contributed by atoms with van der Waals surface area (Å²) in [4.78, 5) is 41.2.